The number of hydrogen-bond donors (Lipinski definition) is 2. The summed E-state index contributed by atoms with van der Waals surface area (Å²) < 4.78 is 29.7. The first-order chi connectivity index (χ1) is 9.60. The summed E-state index contributed by atoms with van der Waals surface area (Å²) in [6, 6.07) is 0.514. The van der Waals surface area contributed by atoms with Gasteiger partial charge in [-0.1, -0.05) is 0 Å². The fourth-order valence-electron chi connectivity index (χ4n) is 3.92. The van der Waals surface area contributed by atoms with Gasteiger partial charge in [-0.2, -0.15) is 17.4 Å². The lowest BCUT2D eigenvalue weighted by atomic mass is 10.0. The van der Waals surface area contributed by atoms with Gasteiger partial charge in [0.25, 0.3) is 10.2 Å². The molecule has 3 saturated heterocycles. The molecule has 3 atom stereocenters. The van der Waals surface area contributed by atoms with Crippen LogP contribution in [0.5, 0.6) is 0 Å². The number of nitrogens with zero attached hydrogens (tertiary/aromatic N) is 2. The monoisotopic (exact) mass is 302 g/mol. The maximum absolute atomic E-state index is 12.5. The third-order valence-electron chi connectivity index (χ3n) is 5.06. The minimum Gasteiger partial charge on any atom is -0.330 e. The topological polar surface area (TPSA) is 78.7 Å². The van der Waals surface area contributed by atoms with Gasteiger partial charge >= 0.3 is 0 Å². The Labute approximate surface area is 121 Å². The second kappa shape index (κ2) is 5.88. The predicted octanol–water partition coefficient (Wildman–Crippen LogP) is -0.272. The van der Waals surface area contributed by atoms with Crippen LogP contribution in [0, 0.1) is 5.92 Å². The first-order valence-electron chi connectivity index (χ1n) is 7.81. The van der Waals surface area contributed by atoms with E-state index in [0.717, 1.165) is 38.8 Å². The molecule has 3 fully saturated rings. The molecule has 0 amide bonds. The van der Waals surface area contributed by atoms with E-state index < -0.39 is 10.2 Å². The van der Waals surface area contributed by atoms with Gasteiger partial charge in [-0.15, -0.1) is 0 Å². The lowest BCUT2D eigenvalue weighted by Crippen LogP contribution is -2.52. The molecule has 6 nitrogen and oxygen atoms in total. The van der Waals surface area contributed by atoms with Crippen molar-refractivity contribution in [1.29, 1.82) is 0 Å². The molecule has 0 aromatic rings. The first kappa shape index (κ1) is 14.7. The third-order valence-corrected chi connectivity index (χ3v) is 6.67. The molecule has 116 valence electrons. The maximum atomic E-state index is 12.5. The molecule has 0 saturated carbocycles. The van der Waals surface area contributed by atoms with Gasteiger partial charge in [0.1, 0.15) is 0 Å². The number of rotatable bonds is 4. The fourth-order valence-corrected chi connectivity index (χ4v) is 5.51. The Kier molecular flexibility index (Phi) is 4.33. The number of fused-ring (bicyclic) bond motifs is 1. The summed E-state index contributed by atoms with van der Waals surface area (Å²) in [5.74, 6) is 0.312. The molecule has 3 rings (SSSR count). The van der Waals surface area contributed by atoms with Gasteiger partial charge in [0, 0.05) is 31.7 Å². The number of nitrogens with two attached hydrogens (primary N) is 1. The summed E-state index contributed by atoms with van der Waals surface area (Å²) in [6.45, 7) is 3.94. The molecule has 20 heavy (non-hydrogen) atoms. The second-order valence-electron chi connectivity index (χ2n) is 6.37. The second-order valence-corrected chi connectivity index (χ2v) is 8.07. The Morgan fingerprint density at radius 2 is 1.90 bits per heavy atom. The lowest BCUT2D eigenvalue weighted by molar-refractivity contribution is 0.263. The molecular weight excluding hydrogens is 276 g/mol. The van der Waals surface area contributed by atoms with Gasteiger partial charge in [-0.05, 0) is 51.1 Å². The van der Waals surface area contributed by atoms with E-state index >= 15 is 0 Å². The lowest BCUT2D eigenvalue weighted by Gasteiger charge is -2.33. The zero-order valence-electron chi connectivity index (χ0n) is 12.0. The van der Waals surface area contributed by atoms with Crippen molar-refractivity contribution in [3.8, 4) is 0 Å². The molecule has 0 aliphatic carbocycles. The molecule has 0 aromatic heterocycles. The van der Waals surface area contributed by atoms with Crippen LogP contribution >= 0.6 is 0 Å². The predicted molar refractivity (Wildman–Crippen MR) is 78.4 cm³/mol. The zero-order valence-corrected chi connectivity index (χ0v) is 12.8. The SMILES string of the molecule is NCC1CCCN(S(=O)(=O)NC2CCN3CCCC23)C1. The Morgan fingerprint density at radius 3 is 2.70 bits per heavy atom. The Bertz CT molecular complexity index is 442. The fraction of sp³-hybridized carbons (Fsp3) is 1.00. The van der Waals surface area contributed by atoms with Crippen LogP contribution < -0.4 is 10.5 Å². The van der Waals surface area contributed by atoms with Crippen LogP contribution in [0.15, 0.2) is 0 Å². The maximum Gasteiger partial charge on any atom is 0.279 e. The summed E-state index contributed by atoms with van der Waals surface area (Å²) in [5, 5.41) is 0. The summed E-state index contributed by atoms with van der Waals surface area (Å²) >= 11 is 0. The van der Waals surface area contributed by atoms with Crippen LogP contribution in [0.3, 0.4) is 0 Å². The zero-order chi connectivity index (χ0) is 14.2. The van der Waals surface area contributed by atoms with Gasteiger partial charge in [-0.25, -0.2) is 0 Å². The van der Waals surface area contributed by atoms with Crippen molar-refractivity contribution < 1.29 is 8.42 Å². The smallest absolute Gasteiger partial charge is 0.279 e. The molecular formula is C13H26N4O2S. The molecule has 0 aromatic carbocycles. The Balaban J connectivity index is 1.63. The van der Waals surface area contributed by atoms with E-state index in [-0.39, 0.29) is 6.04 Å². The first-order valence-corrected chi connectivity index (χ1v) is 9.25. The molecule has 0 spiro atoms. The minimum absolute atomic E-state index is 0.0979. The molecule has 3 unspecified atom stereocenters. The summed E-state index contributed by atoms with van der Waals surface area (Å²) in [6.07, 6.45) is 5.23. The van der Waals surface area contributed by atoms with Crippen molar-refractivity contribution in [2.24, 2.45) is 11.7 Å². The molecule has 3 aliphatic heterocycles. The quantitative estimate of drug-likeness (QED) is 0.749. The third kappa shape index (κ3) is 2.87. The van der Waals surface area contributed by atoms with Crippen molar-refractivity contribution in [3.63, 3.8) is 0 Å². The van der Waals surface area contributed by atoms with Crippen LogP contribution in [0.1, 0.15) is 32.1 Å². The van der Waals surface area contributed by atoms with E-state index in [2.05, 4.69) is 9.62 Å². The molecule has 7 heteroatoms. The molecule has 3 heterocycles. The van der Waals surface area contributed by atoms with Gasteiger partial charge < -0.3 is 5.73 Å². The number of nitrogens with one attached hydrogen (secondary N) is 1. The van der Waals surface area contributed by atoms with Crippen molar-refractivity contribution in [2.45, 2.75) is 44.2 Å². The van der Waals surface area contributed by atoms with Gasteiger partial charge in [0.2, 0.25) is 0 Å². The minimum atomic E-state index is -3.35. The normalized spacial score (nSPS) is 36.4. The van der Waals surface area contributed by atoms with E-state index in [4.69, 9.17) is 5.73 Å². The van der Waals surface area contributed by atoms with Crippen LogP contribution in [0.25, 0.3) is 0 Å². The highest BCUT2D eigenvalue weighted by Gasteiger charge is 2.40. The largest absolute Gasteiger partial charge is 0.330 e. The van der Waals surface area contributed by atoms with E-state index in [1.165, 1.54) is 6.42 Å². The van der Waals surface area contributed by atoms with Crippen molar-refractivity contribution in [1.82, 2.24) is 13.9 Å². The highest BCUT2D eigenvalue weighted by molar-refractivity contribution is 7.87. The summed E-state index contributed by atoms with van der Waals surface area (Å²) in [4.78, 5) is 2.42. The van der Waals surface area contributed by atoms with Gasteiger partial charge in [0.05, 0.1) is 0 Å². The highest BCUT2D eigenvalue weighted by atomic mass is 32.2. The van der Waals surface area contributed by atoms with Gasteiger partial charge in [-0.3, -0.25) is 4.90 Å². The number of hydrogen-bond acceptors (Lipinski definition) is 4. The van der Waals surface area contributed by atoms with Crippen LogP contribution in [0.4, 0.5) is 0 Å². The summed E-state index contributed by atoms with van der Waals surface area (Å²) in [7, 11) is -3.35. The average molecular weight is 302 g/mol. The Hall–Kier alpha value is -0.210. The summed E-state index contributed by atoms with van der Waals surface area (Å²) in [5.41, 5.74) is 5.69. The van der Waals surface area contributed by atoms with Crippen molar-refractivity contribution in [2.75, 3.05) is 32.7 Å². The van der Waals surface area contributed by atoms with E-state index in [9.17, 15) is 8.42 Å². The van der Waals surface area contributed by atoms with E-state index in [0.29, 0.717) is 31.6 Å². The van der Waals surface area contributed by atoms with E-state index in [1.807, 2.05) is 0 Å². The highest BCUT2D eigenvalue weighted by Crippen LogP contribution is 2.29. The molecule has 0 radical (unpaired) electrons. The Morgan fingerprint density at radius 1 is 1.10 bits per heavy atom. The van der Waals surface area contributed by atoms with Crippen molar-refractivity contribution in [3.05, 3.63) is 0 Å². The standard InChI is InChI=1S/C13H26N4O2S/c14-9-11-3-1-7-17(10-11)20(18,19)15-12-5-8-16-6-2-4-13(12)16/h11-13,15H,1-10,14H2. The molecule has 3 N–H and O–H groups in total. The van der Waals surface area contributed by atoms with Crippen LogP contribution in [0.2, 0.25) is 0 Å². The average Bonchev–Trinajstić information content (AvgIpc) is 3.04. The molecule has 0 bridgehead atoms. The number of piperidine rings is 1. The molecule has 3 aliphatic rings. The van der Waals surface area contributed by atoms with E-state index in [1.54, 1.807) is 4.31 Å². The van der Waals surface area contributed by atoms with Crippen LogP contribution in [-0.2, 0) is 10.2 Å². The van der Waals surface area contributed by atoms with Gasteiger partial charge in [0.15, 0.2) is 0 Å². The van der Waals surface area contributed by atoms with Crippen molar-refractivity contribution >= 4 is 10.2 Å². The van der Waals surface area contributed by atoms with Crippen LogP contribution in [-0.4, -0.2) is 62.4 Å².